The maximum Gasteiger partial charge on any atom is 0.277 e. The number of fused-ring (bicyclic) bond motifs is 1. The van der Waals surface area contributed by atoms with E-state index in [1.54, 1.807) is 6.21 Å². The third kappa shape index (κ3) is 4.93. The predicted octanol–water partition coefficient (Wildman–Crippen LogP) is 4.32. The summed E-state index contributed by atoms with van der Waals surface area (Å²) in [5, 5.41) is 6.30. The molecule has 0 heterocycles. The average molecular weight is 346 g/mol. The molecular formula is C22H22N2O2. The number of nitrogens with zero attached hydrogens (tertiary/aromatic N) is 1. The van der Waals surface area contributed by atoms with Crippen LogP contribution in [0, 0.1) is 0 Å². The van der Waals surface area contributed by atoms with Gasteiger partial charge in [0.05, 0.1) is 6.21 Å². The van der Waals surface area contributed by atoms with Crippen molar-refractivity contribution in [2.45, 2.75) is 19.8 Å². The summed E-state index contributed by atoms with van der Waals surface area (Å²) in [7, 11) is 0. The molecule has 132 valence electrons. The summed E-state index contributed by atoms with van der Waals surface area (Å²) in [6.07, 6.45) is 3.78. The van der Waals surface area contributed by atoms with Gasteiger partial charge in [0.2, 0.25) is 0 Å². The van der Waals surface area contributed by atoms with Crippen LogP contribution in [0.1, 0.15) is 24.5 Å². The minimum absolute atomic E-state index is 0.0673. The highest BCUT2D eigenvalue weighted by Crippen LogP contribution is 2.15. The van der Waals surface area contributed by atoms with Crippen LogP contribution < -0.4 is 10.2 Å². The van der Waals surface area contributed by atoms with Crippen molar-refractivity contribution in [3.8, 4) is 5.75 Å². The molecule has 3 aromatic carbocycles. The van der Waals surface area contributed by atoms with Gasteiger partial charge in [-0.2, -0.15) is 5.10 Å². The molecule has 0 radical (unpaired) electrons. The molecule has 1 amide bonds. The first-order valence-electron chi connectivity index (χ1n) is 8.77. The van der Waals surface area contributed by atoms with E-state index in [-0.39, 0.29) is 12.5 Å². The van der Waals surface area contributed by atoms with Crippen LogP contribution in [0.5, 0.6) is 5.75 Å². The van der Waals surface area contributed by atoms with Gasteiger partial charge in [0, 0.05) is 0 Å². The van der Waals surface area contributed by atoms with Gasteiger partial charge in [-0.25, -0.2) is 5.43 Å². The molecule has 4 heteroatoms. The van der Waals surface area contributed by atoms with Crippen LogP contribution in [0.3, 0.4) is 0 Å². The fourth-order valence-electron chi connectivity index (χ4n) is 2.69. The molecular weight excluding hydrogens is 324 g/mol. The highest BCUT2D eigenvalue weighted by molar-refractivity contribution is 5.90. The van der Waals surface area contributed by atoms with Crippen LogP contribution in [-0.4, -0.2) is 18.7 Å². The van der Waals surface area contributed by atoms with Crippen LogP contribution in [0.15, 0.2) is 71.8 Å². The number of aryl methyl sites for hydroxylation is 1. The van der Waals surface area contributed by atoms with Crippen molar-refractivity contribution in [2.24, 2.45) is 5.10 Å². The molecule has 0 aromatic heterocycles. The van der Waals surface area contributed by atoms with E-state index < -0.39 is 0 Å². The lowest BCUT2D eigenvalue weighted by molar-refractivity contribution is -0.123. The number of carbonyl (C=O) groups excluding carboxylic acids is 1. The highest BCUT2D eigenvalue weighted by Gasteiger charge is 2.02. The average Bonchev–Trinajstić information content (AvgIpc) is 2.67. The first kappa shape index (κ1) is 17.7. The van der Waals surface area contributed by atoms with Gasteiger partial charge < -0.3 is 4.74 Å². The Hall–Kier alpha value is -3.14. The normalized spacial score (nSPS) is 11.0. The molecule has 0 fully saturated rings. The Morgan fingerprint density at radius 3 is 2.58 bits per heavy atom. The first-order chi connectivity index (χ1) is 12.7. The largest absolute Gasteiger partial charge is 0.484 e. The lowest BCUT2D eigenvalue weighted by Gasteiger charge is -2.06. The van der Waals surface area contributed by atoms with Gasteiger partial charge in [0.25, 0.3) is 5.91 Å². The molecule has 0 aliphatic heterocycles. The summed E-state index contributed by atoms with van der Waals surface area (Å²) >= 11 is 0. The second kappa shape index (κ2) is 8.81. The van der Waals surface area contributed by atoms with E-state index in [2.05, 4.69) is 23.5 Å². The zero-order chi connectivity index (χ0) is 18.2. The standard InChI is InChI=1S/C22H22N2O2/c1-2-5-17-9-12-21(13-10-17)26-16-22(25)24-23-15-18-8-11-19-6-3-4-7-20(19)14-18/h3-4,6-15H,2,5,16H2,1H3,(H,24,25)/b23-15-. The third-order valence-corrected chi connectivity index (χ3v) is 4.01. The number of hydrazone groups is 1. The van der Waals surface area contributed by atoms with Crippen molar-refractivity contribution in [3.05, 3.63) is 77.9 Å². The van der Waals surface area contributed by atoms with Crippen LogP contribution in [0.25, 0.3) is 10.8 Å². The highest BCUT2D eigenvalue weighted by atomic mass is 16.5. The lowest BCUT2D eigenvalue weighted by Crippen LogP contribution is -2.24. The first-order valence-corrected chi connectivity index (χ1v) is 8.77. The molecule has 0 aliphatic rings. The summed E-state index contributed by atoms with van der Waals surface area (Å²) in [5.41, 5.74) is 4.68. The second-order valence-electron chi connectivity index (χ2n) is 6.08. The van der Waals surface area contributed by atoms with Crippen molar-refractivity contribution in [1.82, 2.24) is 5.43 Å². The van der Waals surface area contributed by atoms with E-state index in [1.807, 2.05) is 60.7 Å². The number of benzene rings is 3. The van der Waals surface area contributed by atoms with E-state index in [9.17, 15) is 4.79 Å². The number of rotatable bonds is 7. The van der Waals surface area contributed by atoms with Gasteiger partial charge in [0.15, 0.2) is 6.61 Å². The maximum absolute atomic E-state index is 11.8. The topological polar surface area (TPSA) is 50.7 Å². The molecule has 0 bridgehead atoms. The van der Waals surface area contributed by atoms with Crippen molar-refractivity contribution in [1.29, 1.82) is 0 Å². The number of ether oxygens (including phenoxy) is 1. The molecule has 0 saturated carbocycles. The lowest BCUT2D eigenvalue weighted by atomic mass is 10.1. The van der Waals surface area contributed by atoms with Crippen molar-refractivity contribution >= 4 is 22.9 Å². The zero-order valence-corrected chi connectivity index (χ0v) is 14.8. The smallest absolute Gasteiger partial charge is 0.277 e. The van der Waals surface area contributed by atoms with Crippen LogP contribution in [-0.2, 0) is 11.2 Å². The van der Waals surface area contributed by atoms with E-state index in [0.717, 1.165) is 23.8 Å². The number of carbonyl (C=O) groups is 1. The second-order valence-corrected chi connectivity index (χ2v) is 6.08. The molecule has 0 saturated heterocycles. The molecule has 26 heavy (non-hydrogen) atoms. The summed E-state index contributed by atoms with van der Waals surface area (Å²) in [5.74, 6) is 0.387. The predicted molar refractivity (Wildman–Crippen MR) is 106 cm³/mol. The van der Waals surface area contributed by atoms with Crippen molar-refractivity contribution in [3.63, 3.8) is 0 Å². The number of nitrogens with one attached hydrogen (secondary N) is 1. The van der Waals surface area contributed by atoms with Gasteiger partial charge in [-0.1, -0.05) is 61.9 Å². The van der Waals surface area contributed by atoms with Crippen LogP contribution in [0.4, 0.5) is 0 Å². The van der Waals surface area contributed by atoms with Gasteiger partial charge in [-0.3, -0.25) is 4.79 Å². The molecule has 3 rings (SSSR count). The Morgan fingerprint density at radius 2 is 1.81 bits per heavy atom. The third-order valence-electron chi connectivity index (χ3n) is 4.01. The Labute approximate surface area is 153 Å². The van der Waals surface area contributed by atoms with Gasteiger partial charge in [0.1, 0.15) is 5.75 Å². The summed E-state index contributed by atoms with van der Waals surface area (Å²) < 4.78 is 5.48. The maximum atomic E-state index is 11.8. The van der Waals surface area contributed by atoms with E-state index in [1.165, 1.54) is 10.9 Å². The van der Waals surface area contributed by atoms with Gasteiger partial charge >= 0.3 is 0 Å². The van der Waals surface area contributed by atoms with E-state index in [0.29, 0.717) is 5.75 Å². The van der Waals surface area contributed by atoms with Crippen LogP contribution >= 0.6 is 0 Å². The van der Waals surface area contributed by atoms with Gasteiger partial charge in [-0.15, -0.1) is 0 Å². The molecule has 0 atom stereocenters. The minimum Gasteiger partial charge on any atom is -0.484 e. The monoisotopic (exact) mass is 346 g/mol. The Balaban J connectivity index is 1.49. The SMILES string of the molecule is CCCc1ccc(OCC(=O)N/N=C\c2ccc3ccccc3c2)cc1. The Bertz CT molecular complexity index is 901. The Morgan fingerprint density at radius 1 is 1.04 bits per heavy atom. The number of hydrogen-bond donors (Lipinski definition) is 1. The van der Waals surface area contributed by atoms with E-state index >= 15 is 0 Å². The summed E-state index contributed by atoms with van der Waals surface area (Å²) in [6, 6.07) is 22.0. The van der Waals surface area contributed by atoms with E-state index in [4.69, 9.17) is 4.74 Å². The quantitative estimate of drug-likeness (QED) is 0.512. The molecule has 3 aromatic rings. The number of amides is 1. The summed E-state index contributed by atoms with van der Waals surface area (Å²) in [6.45, 7) is 2.08. The van der Waals surface area contributed by atoms with Crippen LogP contribution in [0.2, 0.25) is 0 Å². The number of hydrogen-bond acceptors (Lipinski definition) is 3. The van der Waals surface area contributed by atoms with Gasteiger partial charge in [-0.05, 0) is 46.5 Å². The van der Waals surface area contributed by atoms with Crippen molar-refractivity contribution in [2.75, 3.05) is 6.61 Å². The minimum atomic E-state index is -0.292. The van der Waals surface area contributed by atoms with Crippen molar-refractivity contribution < 1.29 is 9.53 Å². The summed E-state index contributed by atoms with van der Waals surface area (Å²) in [4.78, 5) is 11.8. The zero-order valence-electron chi connectivity index (χ0n) is 14.8. The Kier molecular flexibility index (Phi) is 5.99. The molecule has 1 N–H and O–H groups in total. The fraction of sp³-hybridized carbons (Fsp3) is 0.182. The molecule has 0 spiro atoms. The fourth-order valence-corrected chi connectivity index (χ4v) is 2.69. The molecule has 0 unspecified atom stereocenters. The molecule has 0 aliphatic carbocycles. The molecule has 4 nitrogen and oxygen atoms in total.